The average Bonchev–Trinajstić information content (AvgIpc) is 2.83. The second kappa shape index (κ2) is 6.32. The Bertz CT molecular complexity index is 351. The molecule has 1 heterocycles. The van der Waals surface area contributed by atoms with Gasteiger partial charge in [0.2, 0.25) is 0 Å². The minimum Gasteiger partial charge on any atom is -0.380 e. The van der Waals surface area contributed by atoms with Crippen LogP contribution in [0, 0.1) is 5.92 Å². The lowest BCUT2D eigenvalue weighted by Crippen LogP contribution is -2.28. The molecular weight excluding hydrogens is 224 g/mol. The van der Waals surface area contributed by atoms with Crippen LogP contribution < -0.4 is 5.73 Å². The molecule has 100 valence electrons. The van der Waals surface area contributed by atoms with Crippen molar-refractivity contribution < 1.29 is 4.74 Å². The third-order valence-electron chi connectivity index (χ3n) is 3.97. The van der Waals surface area contributed by atoms with Crippen molar-refractivity contribution in [2.75, 3.05) is 26.7 Å². The fourth-order valence-corrected chi connectivity index (χ4v) is 2.99. The third kappa shape index (κ3) is 2.74. The number of methoxy groups -OCH3 is 1. The molecule has 1 fully saturated rings. The molecule has 0 aliphatic carbocycles. The molecule has 3 nitrogen and oxygen atoms in total. The summed E-state index contributed by atoms with van der Waals surface area (Å²) in [5.41, 5.74) is 8.53. The predicted molar refractivity (Wildman–Crippen MR) is 74.3 cm³/mol. The Morgan fingerprint density at radius 2 is 2.06 bits per heavy atom. The summed E-state index contributed by atoms with van der Waals surface area (Å²) in [7, 11) is 1.73. The minimum absolute atomic E-state index is 0.497. The monoisotopic (exact) mass is 248 g/mol. The zero-order valence-electron chi connectivity index (χ0n) is 11.4. The Labute approximate surface area is 110 Å². The van der Waals surface area contributed by atoms with E-state index in [2.05, 4.69) is 36.1 Å². The van der Waals surface area contributed by atoms with Crippen LogP contribution in [0.2, 0.25) is 0 Å². The molecule has 18 heavy (non-hydrogen) atoms. The summed E-state index contributed by atoms with van der Waals surface area (Å²) >= 11 is 0. The Morgan fingerprint density at radius 3 is 2.61 bits per heavy atom. The average molecular weight is 248 g/mol. The van der Waals surface area contributed by atoms with Gasteiger partial charge < -0.3 is 10.5 Å². The Kier molecular flexibility index (Phi) is 4.75. The van der Waals surface area contributed by atoms with Crippen LogP contribution in [-0.2, 0) is 11.3 Å². The molecule has 1 aromatic rings. The van der Waals surface area contributed by atoms with Crippen molar-refractivity contribution in [1.82, 2.24) is 4.90 Å². The molecule has 2 rings (SSSR count). The molecular formula is C15H24N2O. The third-order valence-corrected chi connectivity index (χ3v) is 3.97. The number of benzene rings is 1. The van der Waals surface area contributed by atoms with Crippen molar-refractivity contribution in [3.05, 3.63) is 35.4 Å². The van der Waals surface area contributed by atoms with Gasteiger partial charge in [0.05, 0.1) is 6.61 Å². The van der Waals surface area contributed by atoms with Crippen LogP contribution in [0.4, 0.5) is 0 Å². The lowest BCUT2D eigenvalue weighted by atomic mass is 9.93. The van der Waals surface area contributed by atoms with E-state index >= 15 is 0 Å². The summed E-state index contributed by atoms with van der Waals surface area (Å²) in [6.07, 6.45) is 1.22. The fraction of sp³-hybridized carbons (Fsp3) is 0.600. The number of hydrogen-bond donors (Lipinski definition) is 1. The van der Waals surface area contributed by atoms with Crippen LogP contribution in [0.25, 0.3) is 0 Å². The molecule has 0 aromatic heterocycles. The van der Waals surface area contributed by atoms with E-state index in [1.807, 2.05) is 0 Å². The highest BCUT2D eigenvalue weighted by atomic mass is 16.5. The molecule has 2 atom stereocenters. The van der Waals surface area contributed by atoms with Crippen molar-refractivity contribution in [3.63, 3.8) is 0 Å². The van der Waals surface area contributed by atoms with Gasteiger partial charge in [0.25, 0.3) is 0 Å². The smallest absolute Gasteiger partial charge is 0.0713 e. The van der Waals surface area contributed by atoms with Gasteiger partial charge in [0.15, 0.2) is 0 Å². The van der Waals surface area contributed by atoms with Gasteiger partial charge in [0.1, 0.15) is 0 Å². The molecule has 0 spiro atoms. The second-order valence-electron chi connectivity index (χ2n) is 5.03. The molecule has 0 bridgehead atoms. The number of nitrogens with zero attached hydrogens (tertiary/aromatic N) is 1. The molecule has 2 unspecified atom stereocenters. The molecule has 1 aliphatic rings. The van der Waals surface area contributed by atoms with Gasteiger partial charge in [-0.2, -0.15) is 0 Å². The zero-order chi connectivity index (χ0) is 13.0. The van der Waals surface area contributed by atoms with E-state index in [0.29, 0.717) is 18.6 Å². The van der Waals surface area contributed by atoms with Crippen LogP contribution in [0.15, 0.2) is 24.3 Å². The van der Waals surface area contributed by atoms with E-state index < -0.39 is 0 Å². The quantitative estimate of drug-likeness (QED) is 0.868. The Morgan fingerprint density at radius 1 is 1.33 bits per heavy atom. The Balaban J connectivity index is 2.17. The summed E-state index contributed by atoms with van der Waals surface area (Å²) in [5, 5.41) is 0. The standard InChI is InChI=1S/C15H24N2O/c1-3-17-9-8-14(10-16)15(17)13-6-4-12(5-7-13)11-18-2/h4-7,14-15H,3,8-11,16H2,1-2H3. The highest BCUT2D eigenvalue weighted by molar-refractivity contribution is 5.26. The normalized spacial score (nSPS) is 24.6. The summed E-state index contributed by atoms with van der Waals surface area (Å²) in [5.74, 6) is 0.596. The van der Waals surface area contributed by atoms with E-state index in [1.54, 1.807) is 7.11 Å². The molecule has 0 saturated carbocycles. The first-order valence-electron chi connectivity index (χ1n) is 6.82. The highest BCUT2D eigenvalue weighted by Gasteiger charge is 2.33. The van der Waals surface area contributed by atoms with Crippen LogP contribution in [0.1, 0.15) is 30.5 Å². The molecule has 2 N–H and O–H groups in total. The van der Waals surface area contributed by atoms with E-state index in [9.17, 15) is 0 Å². The molecule has 1 aromatic carbocycles. The zero-order valence-corrected chi connectivity index (χ0v) is 11.4. The van der Waals surface area contributed by atoms with Gasteiger partial charge in [-0.05, 0) is 43.1 Å². The maximum atomic E-state index is 5.91. The first-order chi connectivity index (χ1) is 8.80. The number of ether oxygens (including phenoxy) is 1. The van der Waals surface area contributed by atoms with Crippen LogP contribution >= 0.6 is 0 Å². The van der Waals surface area contributed by atoms with Crippen LogP contribution in [0.5, 0.6) is 0 Å². The Hall–Kier alpha value is -0.900. The lowest BCUT2D eigenvalue weighted by Gasteiger charge is -2.27. The van der Waals surface area contributed by atoms with Crippen molar-refractivity contribution in [2.45, 2.75) is 26.0 Å². The van der Waals surface area contributed by atoms with Crippen molar-refractivity contribution in [1.29, 1.82) is 0 Å². The van der Waals surface area contributed by atoms with Crippen molar-refractivity contribution >= 4 is 0 Å². The summed E-state index contributed by atoms with van der Waals surface area (Å²) in [4.78, 5) is 2.53. The molecule has 1 aliphatic heterocycles. The highest BCUT2D eigenvalue weighted by Crippen LogP contribution is 2.36. The molecule has 0 amide bonds. The summed E-state index contributed by atoms with van der Waals surface area (Å²) < 4.78 is 5.15. The number of nitrogens with two attached hydrogens (primary N) is 1. The van der Waals surface area contributed by atoms with Gasteiger partial charge in [0, 0.05) is 13.2 Å². The molecule has 0 radical (unpaired) electrons. The SMILES string of the molecule is CCN1CCC(CN)C1c1ccc(COC)cc1. The topological polar surface area (TPSA) is 38.5 Å². The number of rotatable bonds is 5. The molecule has 3 heteroatoms. The van der Waals surface area contributed by atoms with E-state index in [4.69, 9.17) is 10.5 Å². The van der Waals surface area contributed by atoms with E-state index in [1.165, 1.54) is 24.1 Å². The largest absolute Gasteiger partial charge is 0.380 e. The van der Waals surface area contributed by atoms with Gasteiger partial charge in [-0.1, -0.05) is 31.2 Å². The van der Waals surface area contributed by atoms with Gasteiger partial charge in [-0.3, -0.25) is 4.90 Å². The summed E-state index contributed by atoms with van der Waals surface area (Å²) in [6, 6.07) is 9.29. The van der Waals surface area contributed by atoms with Gasteiger partial charge in [-0.15, -0.1) is 0 Å². The first kappa shape index (κ1) is 13.5. The van der Waals surface area contributed by atoms with E-state index in [-0.39, 0.29) is 0 Å². The predicted octanol–water partition coefficient (Wildman–Crippen LogP) is 2.17. The number of likely N-dealkylation sites (tertiary alicyclic amines) is 1. The van der Waals surface area contributed by atoms with Gasteiger partial charge >= 0.3 is 0 Å². The number of hydrogen-bond acceptors (Lipinski definition) is 3. The van der Waals surface area contributed by atoms with Crippen molar-refractivity contribution in [2.24, 2.45) is 11.7 Å². The lowest BCUT2D eigenvalue weighted by molar-refractivity contribution is 0.185. The van der Waals surface area contributed by atoms with Crippen LogP contribution in [-0.4, -0.2) is 31.6 Å². The second-order valence-corrected chi connectivity index (χ2v) is 5.03. The van der Waals surface area contributed by atoms with Crippen LogP contribution in [0.3, 0.4) is 0 Å². The maximum Gasteiger partial charge on any atom is 0.0713 e. The first-order valence-corrected chi connectivity index (χ1v) is 6.82. The minimum atomic E-state index is 0.497. The van der Waals surface area contributed by atoms with Crippen molar-refractivity contribution in [3.8, 4) is 0 Å². The van der Waals surface area contributed by atoms with E-state index in [0.717, 1.165) is 13.1 Å². The maximum absolute atomic E-state index is 5.91. The fourth-order valence-electron chi connectivity index (χ4n) is 2.99. The van der Waals surface area contributed by atoms with Gasteiger partial charge in [-0.25, -0.2) is 0 Å². The molecule has 1 saturated heterocycles. The summed E-state index contributed by atoms with van der Waals surface area (Å²) in [6.45, 7) is 5.96.